The third kappa shape index (κ3) is 6.22. The molecule has 222 valence electrons. The number of nitrogens with one attached hydrogen (secondary N) is 2. The summed E-state index contributed by atoms with van der Waals surface area (Å²) in [5, 5.41) is 14.6. The number of carboxylic acids is 1. The van der Waals surface area contributed by atoms with Gasteiger partial charge in [0.05, 0.1) is 23.5 Å². The van der Waals surface area contributed by atoms with E-state index < -0.39 is 61.4 Å². The molecule has 2 atom stereocenters. The summed E-state index contributed by atoms with van der Waals surface area (Å²) in [6, 6.07) is 11.1. The molecule has 0 radical (unpaired) electrons. The first kappa shape index (κ1) is 30.5. The van der Waals surface area contributed by atoms with Gasteiger partial charge in [-0.25, -0.2) is 17.6 Å². The second kappa shape index (κ2) is 11.8. The van der Waals surface area contributed by atoms with Crippen molar-refractivity contribution >= 4 is 33.3 Å². The summed E-state index contributed by atoms with van der Waals surface area (Å²) < 4.78 is 82.5. The number of alkyl halides is 3. The number of halogens is 4. The van der Waals surface area contributed by atoms with Crippen LogP contribution in [0.4, 0.5) is 23.2 Å². The monoisotopic (exact) mass is 608 g/mol. The molecule has 14 heteroatoms. The van der Waals surface area contributed by atoms with E-state index >= 15 is 4.39 Å². The predicted molar refractivity (Wildman–Crippen MR) is 142 cm³/mol. The average Bonchev–Trinajstić information content (AvgIpc) is 3.41. The van der Waals surface area contributed by atoms with Crippen LogP contribution in [-0.2, 0) is 14.6 Å². The molecule has 1 fully saturated rings. The van der Waals surface area contributed by atoms with Gasteiger partial charge in [-0.2, -0.15) is 13.2 Å². The SMILES string of the molecule is COc1ccc(-c2cc(C(=O)NC3CCCC3C(=O)Nc3cccc(S(=O)(=O)C(F)(F)F)c3)cc(C(=O)O)c2F)cc1. The van der Waals surface area contributed by atoms with Crippen molar-refractivity contribution in [2.45, 2.75) is 35.7 Å². The Balaban J connectivity index is 1.55. The Hall–Kier alpha value is -4.46. The molecule has 1 aliphatic rings. The van der Waals surface area contributed by atoms with Crippen molar-refractivity contribution in [1.82, 2.24) is 5.32 Å². The fraction of sp³-hybridized carbons (Fsp3) is 0.250. The minimum atomic E-state index is -5.63. The third-order valence-electron chi connectivity index (χ3n) is 6.85. The number of hydrogen-bond donors (Lipinski definition) is 3. The highest BCUT2D eigenvalue weighted by Crippen LogP contribution is 2.33. The summed E-state index contributed by atoms with van der Waals surface area (Å²) in [7, 11) is -4.19. The molecule has 0 bridgehead atoms. The highest BCUT2D eigenvalue weighted by molar-refractivity contribution is 7.92. The number of amides is 2. The van der Waals surface area contributed by atoms with Gasteiger partial charge < -0.3 is 20.5 Å². The number of sulfone groups is 1. The lowest BCUT2D eigenvalue weighted by atomic mass is 9.97. The normalized spacial score (nSPS) is 17.0. The summed E-state index contributed by atoms with van der Waals surface area (Å²) >= 11 is 0. The van der Waals surface area contributed by atoms with Crippen molar-refractivity contribution in [1.29, 1.82) is 0 Å². The fourth-order valence-corrected chi connectivity index (χ4v) is 5.51. The number of carbonyl (C=O) groups is 3. The molecule has 2 amide bonds. The zero-order chi connectivity index (χ0) is 30.8. The Labute approximate surface area is 237 Å². The van der Waals surface area contributed by atoms with Gasteiger partial charge in [0.15, 0.2) is 0 Å². The Morgan fingerprint density at radius 2 is 1.69 bits per heavy atom. The first-order valence-corrected chi connectivity index (χ1v) is 14.0. The van der Waals surface area contributed by atoms with Gasteiger partial charge in [0.25, 0.3) is 15.7 Å². The van der Waals surface area contributed by atoms with Crippen LogP contribution in [-0.4, -0.2) is 50.0 Å². The highest BCUT2D eigenvalue weighted by atomic mass is 32.2. The smallest absolute Gasteiger partial charge is 0.497 e. The third-order valence-corrected chi connectivity index (χ3v) is 8.34. The Bertz CT molecular complexity index is 1640. The van der Waals surface area contributed by atoms with Crippen molar-refractivity contribution in [3.05, 3.63) is 77.6 Å². The van der Waals surface area contributed by atoms with Crippen LogP contribution >= 0.6 is 0 Å². The Morgan fingerprint density at radius 1 is 1.00 bits per heavy atom. The molecule has 3 aromatic carbocycles. The maximum Gasteiger partial charge on any atom is 0.501 e. The van der Waals surface area contributed by atoms with Crippen molar-refractivity contribution in [3.63, 3.8) is 0 Å². The van der Waals surface area contributed by atoms with E-state index in [1.54, 1.807) is 0 Å². The van der Waals surface area contributed by atoms with Crippen LogP contribution in [0.15, 0.2) is 65.6 Å². The number of ether oxygens (including phenoxy) is 1. The van der Waals surface area contributed by atoms with E-state index in [9.17, 15) is 41.1 Å². The second-order valence-corrected chi connectivity index (χ2v) is 11.4. The van der Waals surface area contributed by atoms with Gasteiger partial charge >= 0.3 is 11.5 Å². The lowest BCUT2D eigenvalue weighted by Gasteiger charge is -2.21. The van der Waals surface area contributed by atoms with E-state index in [-0.39, 0.29) is 16.8 Å². The molecule has 2 unspecified atom stereocenters. The van der Waals surface area contributed by atoms with Crippen molar-refractivity contribution in [3.8, 4) is 16.9 Å². The Kier molecular flexibility index (Phi) is 8.57. The summed E-state index contributed by atoms with van der Waals surface area (Å²) in [6.07, 6.45) is 1.16. The molecule has 0 saturated heterocycles. The molecule has 3 aromatic rings. The van der Waals surface area contributed by atoms with Crippen molar-refractivity contribution in [2.75, 3.05) is 12.4 Å². The zero-order valence-electron chi connectivity index (χ0n) is 21.9. The lowest BCUT2D eigenvalue weighted by Crippen LogP contribution is -2.42. The van der Waals surface area contributed by atoms with Gasteiger partial charge in [0.2, 0.25) is 5.91 Å². The van der Waals surface area contributed by atoms with Crippen molar-refractivity contribution < 1.29 is 50.2 Å². The largest absolute Gasteiger partial charge is 0.501 e. The molecular weight excluding hydrogens is 584 g/mol. The number of carboxylic acid groups (broad SMARTS) is 1. The molecule has 9 nitrogen and oxygen atoms in total. The first-order valence-electron chi connectivity index (χ1n) is 12.5. The van der Waals surface area contributed by atoms with Crippen LogP contribution in [0.2, 0.25) is 0 Å². The van der Waals surface area contributed by atoms with Crippen LogP contribution in [0, 0.1) is 11.7 Å². The minimum absolute atomic E-state index is 0.142. The Morgan fingerprint density at radius 3 is 2.31 bits per heavy atom. The number of methoxy groups -OCH3 is 1. The van der Waals surface area contributed by atoms with E-state index in [0.717, 1.165) is 18.2 Å². The van der Waals surface area contributed by atoms with Gasteiger partial charge in [-0.1, -0.05) is 24.6 Å². The molecule has 42 heavy (non-hydrogen) atoms. The molecule has 1 saturated carbocycles. The van der Waals surface area contributed by atoms with E-state index in [0.29, 0.717) is 36.6 Å². The molecule has 4 rings (SSSR count). The van der Waals surface area contributed by atoms with Gasteiger partial charge in [0.1, 0.15) is 11.6 Å². The fourth-order valence-electron chi connectivity index (χ4n) is 4.70. The summed E-state index contributed by atoms with van der Waals surface area (Å²) in [5.41, 5.74) is -6.46. The summed E-state index contributed by atoms with van der Waals surface area (Å²) in [5.74, 6) is -4.43. The first-order chi connectivity index (χ1) is 19.7. The molecule has 0 aromatic heterocycles. The van der Waals surface area contributed by atoms with Crippen molar-refractivity contribution in [2.24, 2.45) is 5.92 Å². The molecule has 1 aliphatic carbocycles. The number of benzene rings is 3. The molecular formula is C28H24F4N2O7S. The van der Waals surface area contributed by atoms with Gasteiger partial charge in [-0.05, 0) is 60.9 Å². The van der Waals surface area contributed by atoms with E-state index in [1.807, 2.05) is 0 Å². The van der Waals surface area contributed by atoms with Gasteiger partial charge in [0, 0.05) is 22.9 Å². The number of rotatable bonds is 8. The van der Waals surface area contributed by atoms with Crippen LogP contribution in [0.25, 0.3) is 11.1 Å². The minimum Gasteiger partial charge on any atom is -0.497 e. The average molecular weight is 609 g/mol. The number of carbonyl (C=O) groups excluding carboxylic acids is 2. The number of hydrogen-bond acceptors (Lipinski definition) is 6. The zero-order valence-corrected chi connectivity index (χ0v) is 22.7. The summed E-state index contributed by atoms with van der Waals surface area (Å²) in [4.78, 5) is 36.9. The van der Waals surface area contributed by atoms with Crippen LogP contribution < -0.4 is 15.4 Å². The van der Waals surface area contributed by atoms with Gasteiger partial charge in [-0.15, -0.1) is 0 Å². The topological polar surface area (TPSA) is 139 Å². The van der Waals surface area contributed by atoms with Crippen LogP contribution in [0.1, 0.15) is 40.0 Å². The molecule has 3 N–H and O–H groups in total. The van der Waals surface area contributed by atoms with E-state index in [1.165, 1.54) is 43.5 Å². The lowest BCUT2D eigenvalue weighted by molar-refractivity contribution is -0.120. The molecule has 0 aliphatic heterocycles. The number of anilines is 1. The molecule has 0 heterocycles. The van der Waals surface area contributed by atoms with E-state index in [4.69, 9.17) is 4.74 Å². The maximum atomic E-state index is 15.1. The quantitative estimate of drug-likeness (QED) is 0.305. The summed E-state index contributed by atoms with van der Waals surface area (Å²) in [6.45, 7) is 0. The van der Waals surface area contributed by atoms with Gasteiger partial charge in [-0.3, -0.25) is 9.59 Å². The standard InChI is InChI=1S/C28H24F4N2O7S/c1-41-18-10-8-15(9-11-18)21-12-16(13-22(24(21)29)27(37)38)25(35)34-23-7-3-6-20(23)26(36)33-17-4-2-5-19(14-17)42(39,40)28(30,31)32/h2,4-5,8-14,20,23H,3,6-7H2,1H3,(H,33,36)(H,34,35)(H,37,38). The highest BCUT2D eigenvalue weighted by Gasteiger charge is 2.47. The van der Waals surface area contributed by atoms with Crippen LogP contribution in [0.3, 0.4) is 0 Å². The number of aromatic carboxylic acids is 1. The maximum absolute atomic E-state index is 15.1. The van der Waals surface area contributed by atoms with E-state index in [2.05, 4.69) is 10.6 Å². The molecule has 0 spiro atoms. The predicted octanol–water partition coefficient (Wildman–Crippen LogP) is 5.03. The van der Waals surface area contributed by atoms with Crippen LogP contribution in [0.5, 0.6) is 5.75 Å². The second-order valence-electron chi connectivity index (χ2n) is 9.50.